The molecule has 19 heavy (non-hydrogen) atoms. The summed E-state index contributed by atoms with van der Waals surface area (Å²) >= 11 is 0. The lowest BCUT2D eigenvalue weighted by Gasteiger charge is -2.19. The van der Waals surface area contributed by atoms with Gasteiger partial charge in [-0.2, -0.15) is 4.31 Å². The molecule has 106 valence electrons. The Morgan fingerprint density at radius 2 is 2.11 bits per heavy atom. The van der Waals surface area contributed by atoms with Crippen LogP contribution in [0.5, 0.6) is 5.75 Å². The Hall–Kier alpha value is -1.60. The summed E-state index contributed by atoms with van der Waals surface area (Å²) in [5.74, 6) is -0.771. The Morgan fingerprint density at radius 3 is 2.63 bits per heavy atom. The number of benzene rings is 1. The normalized spacial score (nSPS) is 11.5. The summed E-state index contributed by atoms with van der Waals surface area (Å²) in [7, 11) is -2.38. The maximum Gasteiger partial charge on any atom is 0.318 e. The number of carbonyl (C=O) groups is 1. The van der Waals surface area contributed by atoms with Crippen LogP contribution in [0, 0.1) is 0 Å². The van der Waals surface area contributed by atoms with Gasteiger partial charge >= 0.3 is 5.97 Å². The van der Waals surface area contributed by atoms with Crippen molar-refractivity contribution in [3.05, 3.63) is 24.3 Å². The van der Waals surface area contributed by atoms with Crippen molar-refractivity contribution in [1.82, 2.24) is 4.31 Å². The first-order valence-electron chi connectivity index (χ1n) is 5.77. The number of sulfonamides is 1. The molecule has 1 aromatic rings. The third kappa shape index (κ3) is 3.93. The zero-order valence-corrected chi connectivity index (χ0v) is 11.7. The Morgan fingerprint density at radius 1 is 1.42 bits per heavy atom. The van der Waals surface area contributed by atoms with Crippen LogP contribution >= 0.6 is 0 Å². The highest BCUT2D eigenvalue weighted by Crippen LogP contribution is 2.20. The number of carboxylic acid groups (broad SMARTS) is 1. The second-order valence-corrected chi connectivity index (χ2v) is 5.85. The Labute approximate surface area is 112 Å². The third-order valence-electron chi connectivity index (χ3n) is 2.46. The zero-order chi connectivity index (χ0) is 14.5. The summed E-state index contributed by atoms with van der Waals surface area (Å²) in [4.78, 5) is 10.8. The van der Waals surface area contributed by atoms with E-state index < -0.39 is 22.5 Å². The van der Waals surface area contributed by atoms with Crippen LogP contribution in [0.4, 0.5) is 0 Å². The van der Waals surface area contributed by atoms with E-state index in [2.05, 4.69) is 0 Å². The van der Waals surface area contributed by atoms with E-state index in [1.54, 1.807) is 19.1 Å². The number of rotatable bonds is 7. The second kappa shape index (κ2) is 6.53. The first-order chi connectivity index (χ1) is 8.91. The third-order valence-corrected chi connectivity index (χ3v) is 4.30. The maximum atomic E-state index is 12.3. The van der Waals surface area contributed by atoms with Gasteiger partial charge in [0.05, 0.1) is 12.0 Å². The van der Waals surface area contributed by atoms with Gasteiger partial charge in [-0.25, -0.2) is 8.42 Å². The number of methoxy groups -OCH3 is 1. The summed E-state index contributed by atoms with van der Waals surface area (Å²) < 4.78 is 30.6. The molecule has 0 atom stereocenters. The van der Waals surface area contributed by atoms with E-state index in [0.29, 0.717) is 12.2 Å². The van der Waals surface area contributed by atoms with Gasteiger partial charge in [-0.3, -0.25) is 4.79 Å². The molecule has 1 rings (SSSR count). The molecule has 1 aromatic carbocycles. The molecule has 0 radical (unpaired) electrons. The summed E-state index contributed by atoms with van der Waals surface area (Å²) in [6.07, 6.45) is 0.538. The van der Waals surface area contributed by atoms with E-state index in [9.17, 15) is 13.2 Å². The van der Waals surface area contributed by atoms with Gasteiger partial charge in [0, 0.05) is 12.6 Å². The Bertz CT molecular complexity index is 541. The number of nitrogens with zero attached hydrogens (tertiary/aromatic N) is 1. The van der Waals surface area contributed by atoms with Crippen LogP contribution in [0.3, 0.4) is 0 Å². The molecule has 0 saturated carbocycles. The van der Waals surface area contributed by atoms with Crippen LogP contribution in [0.2, 0.25) is 0 Å². The van der Waals surface area contributed by atoms with E-state index in [-0.39, 0.29) is 11.4 Å². The average Bonchev–Trinajstić information content (AvgIpc) is 2.38. The van der Waals surface area contributed by atoms with Crippen molar-refractivity contribution >= 4 is 16.0 Å². The van der Waals surface area contributed by atoms with Crippen molar-refractivity contribution in [2.75, 3.05) is 20.2 Å². The van der Waals surface area contributed by atoms with Crippen molar-refractivity contribution in [2.24, 2.45) is 0 Å². The van der Waals surface area contributed by atoms with Crippen LogP contribution in [0.1, 0.15) is 13.3 Å². The molecule has 0 bridgehead atoms. The number of hydrogen-bond acceptors (Lipinski definition) is 4. The first kappa shape index (κ1) is 15.5. The molecule has 7 heteroatoms. The molecular weight excluding hydrogens is 270 g/mol. The minimum absolute atomic E-state index is 0.0292. The van der Waals surface area contributed by atoms with E-state index in [1.807, 2.05) is 0 Å². The van der Waals surface area contributed by atoms with Gasteiger partial charge in [-0.05, 0) is 18.6 Å². The lowest BCUT2D eigenvalue weighted by atomic mass is 10.3. The predicted molar refractivity (Wildman–Crippen MR) is 69.7 cm³/mol. The highest BCUT2D eigenvalue weighted by Gasteiger charge is 2.26. The highest BCUT2D eigenvalue weighted by molar-refractivity contribution is 7.89. The van der Waals surface area contributed by atoms with E-state index in [1.165, 1.54) is 19.2 Å². The fraction of sp³-hybridized carbons (Fsp3) is 0.417. The number of aliphatic carboxylic acids is 1. The van der Waals surface area contributed by atoms with Crippen molar-refractivity contribution < 1.29 is 23.1 Å². The first-order valence-corrected chi connectivity index (χ1v) is 7.21. The molecular formula is C12H17NO5S. The van der Waals surface area contributed by atoms with E-state index >= 15 is 0 Å². The Kier molecular flexibility index (Phi) is 5.31. The molecule has 1 N–H and O–H groups in total. The standard InChI is InChI=1S/C12H17NO5S/c1-3-7-13(9-12(14)15)19(16,17)11-6-4-5-10(8-11)18-2/h4-6,8H,3,7,9H2,1-2H3,(H,14,15). The number of ether oxygens (including phenoxy) is 1. The molecule has 6 nitrogen and oxygen atoms in total. The van der Waals surface area contributed by atoms with Crippen LogP contribution in [-0.2, 0) is 14.8 Å². The predicted octanol–water partition coefficient (Wildman–Crippen LogP) is 1.18. The lowest BCUT2D eigenvalue weighted by molar-refractivity contribution is -0.137. The quantitative estimate of drug-likeness (QED) is 0.814. The van der Waals surface area contributed by atoms with Gasteiger partial charge in [-0.15, -0.1) is 0 Å². The van der Waals surface area contributed by atoms with Crippen molar-refractivity contribution in [1.29, 1.82) is 0 Å². The average molecular weight is 287 g/mol. The molecule has 0 aromatic heterocycles. The van der Waals surface area contributed by atoms with Gasteiger partial charge in [0.1, 0.15) is 12.3 Å². The van der Waals surface area contributed by atoms with Crippen LogP contribution in [-0.4, -0.2) is 44.0 Å². The van der Waals surface area contributed by atoms with E-state index in [4.69, 9.17) is 9.84 Å². The molecule has 0 saturated heterocycles. The smallest absolute Gasteiger partial charge is 0.318 e. The summed E-state index contributed by atoms with van der Waals surface area (Å²) in [5.41, 5.74) is 0. The minimum Gasteiger partial charge on any atom is -0.497 e. The maximum absolute atomic E-state index is 12.3. The molecule has 0 aliphatic heterocycles. The summed E-state index contributed by atoms with van der Waals surface area (Å²) in [6.45, 7) is 1.40. The number of hydrogen-bond donors (Lipinski definition) is 1. The van der Waals surface area contributed by atoms with Gasteiger partial charge in [0.2, 0.25) is 10.0 Å². The number of carboxylic acids is 1. The minimum atomic E-state index is -3.82. The van der Waals surface area contributed by atoms with Crippen molar-refractivity contribution in [3.63, 3.8) is 0 Å². The largest absolute Gasteiger partial charge is 0.497 e. The summed E-state index contributed by atoms with van der Waals surface area (Å²) in [5, 5.41) is 8.79. The summed E-state index contributed by atoms with van der Waals surface area (Å²) in [6, 6.07) is 5.97. The fourth-order valence-corrected chi connectivity index (χ4v) is 3.11. The molecule has 0 amide bonds. The van der Waals surface area contributed by atoms with E-state index in [0.717, 1.165) is 4.31 Å². The molecule has 0 unspecified atom stereocenters. The fourth-order valence-electron chi connectivity index (χ4n) is 1.60. The monoisotopic (exact) mass is 287 g/mol. The van der Waals surface area contributed by atoms with Gasteiger partial charge < -0.3 is 9.84 Å². The molecule has 0 aliphatic carbocycles. The second-order valence-electron chi connectivity index (χ2n) is 3.91. The Balaban J connectivity index is 3.14. The lowest BCUT2D eigenvalue weighted by Crippen LogP contribution is -2.36. The molecule has 0 spiro atoms. The van der Waals surface area contributed by atoms with Crippen molar-refractivity contribution in [3.8, 4) is 5.75 Å². The highest BCUT2D eigenvalue weighted by atomic mass is 32.2. The van der Waals surface area contributed by atoms with Gasteiger partial charge in [-0.1, -0.05) is 13.0 Å². The van der Waals surface area contributed by atoms with Crippen LogP contribution < -0.4 is 4.74 Å². The van der Waals surface area contributed by atoms with Crippen molar-refractivity contribution in [2.45, 2.75) is 18.2 Å². The molecule has 0 aliphatic rings. The van der Waals surface area contributed by atoms with Crippen LogP contribution in [0.25, 0.3) is 0 Å². The van der Waals surface area contributed by atoms with Gasteiger partial charge in [0.25, 0.3) is 0 Å². The molecule has 0 fully saturated rings. The van der Waals surface area contributed by atoms with Gasteiger partial charge in [0.15, 0.2) is 0 Å². The zero-order valence-electron chi connectivity index (χ0n) is 10.9. The van der Waals surface area contributed by atoms with Crippen LogP contribution in [0.15, 0.2) is 29.2 Å². The molecule has 0 heterocycles. The topological polar surface area (TPSA) is 83.9 Å². The SMILES string of the molecule is CCCN(CC(=O)O)S(=O)(=O)c1cccc(OC)c1.